The fraction of sp³-hybridized carbons (Fsp3) is 0.538. The maximum atomic E-state index is 6.53. The third kappa shape index (κ3) is 19.2. The quantitative estimate of drug-likeness (QED) is 0.0368. The summed E-state index contributed by atoms with van der Waals surface area (Å²) in [4.78, 5) is 1.22. The predicted octanol–water partition coefficient (Wildman–Crippen LogP) is 14.3. The minimum absolute atomic E-state index is 0.613. The molecular weight excluding hydrogens is 749 g/mol. The summed E-state index contributed by atoms with van der Waals surface area (Å²) >= 11 is 1.73. The molecule has 0 saturated heterocycles. The second-order valence-electron chi connectivity index (χ2n) is 16.1. The normalized spacial score (nSPS) is 10.8. The van der Waals surface area contributed by atoms with Gasteiger partial charge in [0.1, 0.15) is 31.1 Å². The number of hydrogen-bond acceptors (Lipinski definition) is 5. The van der Waals surface area contributed by atoms with E-state index in [4.69, 9.17) is 18.9 Å². The van der Waals surface area contributed by atoms with Crippen molar-refractivity contribution in [3.63, 3.8) is 0 Å². The van der Waals surface area contributed by atoms with Crippen LogP contribution in [0.4, 0.5) is 0 Å². The molecule has 0 atom stereocenters. The van der Waals surface area contributed by atoms with Crippen LogP contribution in [-0.2, 0) is 0 Å². The number of ether oxygens (including phenoxy) is 4. The summed E-state index contributed by atoms with van der Waals surface area (Å²) in [6, 6.07) is 16.5. The second kappa shape index (κ2) is 28.5. The number of rotatable bonds is 25. The highest BCUT2D eigenvalue weighted by Gasteiger charge is 2.15. The molecule has 0 heterocycles. The molecule has 3 aromatic rings. The van der Waals surface area contributed by atoms with Gasteiger partial charge in [-0.1, -0.05) is 154 Å². The van der Waals surface area contributed by atoms with Crippen molar-refractivity contribution in [3.8, 4) is 58.1 Å². The van der Waals surface area contributed by atoms with Crippen molar-refractivity contribution in [1.82, 2.24) is 0 Å². The average molecular weight is 821 g/mol. The molecule has 0 saturated carbocycles. The van der Waals surface area contributed by atoms with E-state index in [0.29, 0.717) is 26.4 Å². The minimum atomic E-state index is -1.65. The summed E-state index contributed by atoms with van der Waals surface area (Å²) in [5.74, 6) is 20.3. The maximum absolute atomic E-state index is 6.53. The molecule has 3 rings (SSSR count). The minimum Gasteiger partial charge on any atom is -0.492 e. The van der Waals surface area contributed by atoms with Gasteiger partial charge >= 0.3 is 0 Å². The van der Waals surface area contributed by atoms with E-state index in [9.17, 15) is 0 Å². The fourth-order valence-corrected chi connectivity index (χ4v) is 6.95. The number of thioether (sulfide) groups is 1. The van der Waals surface area contributed by atoms with Crippen molar-refractivity contribution in [1.29, 1.82) is 0 Å². The molecule has 0 aromatic heterocycles. The highest BCUT2D eigenvalue weighted by atomic mass is 32.2. The van der Waals surface area contributed by atoms with Gasteiger partial charge in [-0.15, -0.1) is 17.3 Å². The molecule has 0 amide bonds. The first-order valence-corrected chi connectivity index (χ1v) is 27.0. The Kier molecular flexibility index (Phi) is 23.8. The van der Waals surface area contributed by atoms with E-state index < -0.39 is 8.07 Å². The molecule has 58 heavy (non-hydrogen) atoms. The lowest BCUT2D eigenvalue weighted by Crippen LogP contribution is -2.16. The molecule has 0 aliphatic heterocycles. The van der Waals surface area contributed by atoms with Gasteiger partial charge in [-0.3, -0.25) is 0 Å². The van der Waals surface area contributed by atoms with Crippen LogP contribution in [0.3, 0.4) is 0 Å². The van der Waals surface area contributed by atoms with Crippen LogP contribution in [0.25, 0.3) is 0 Å². The summed E-state index contributed by atoms with van der Waals surface area (Å²) in [6.07, 6.45) is 20.1. The highest BCUT2D eigenvalue weighted by molar-refractivity contribution is 7.98. The van der Waals surface area contributed by atoms with E-state index >= 15 is 0 Å². The zero-order valence-electron chi connectivity index (χ0n) is 37.3. The Balaban J connectivity index is 2.17. The largest absolute Gasteiger partial charge is 0.492 e. The molecule has 0 unspecified atom stereocenters. The van der Waals surface area contributed by atoms with Crippen LogP contribution >= 0.6 is 11.8 Å². The first-order valence-electron chi connectivity index (χ1n) is 22.3. The Hall–Kier alpha value is -3.89. The maximum Gasteiger partial charge on any atom is 0.136 e. The van der Waals surface area contributed by atoms with Crippen molar-refractivity contribution in [2.24, 2.45) is 0 Å². The van der Waals surface area contributed by atoms with Gasteiger partial charge in [-0.2, -0.15) is 0 Å². The standard InChI is InChI=1S/C52H72O4SSi/c1-9-13-17-21-34-53-49-40-45(50(54-35-22-18-14-10-2)39-44(49)28-25-43-26-31-48(57-5)32-27-43)29-30-46-41-52(56-37-24-20-16-12-4)47(33-38-58(6,7)8)42-51(46)55-36-23-19-15-11-3/h26-27,31-32,39-42H,9-24,34-37H2,1-8H3. The van der Waals surface area contributed by atoms with Crippen LogP contribution in [0, 0.1) is 35.1 Å². The lowest BCUT2D eigenvalue weighted by molar-refractivity contribution is 0.295. The van der Waals surface area contributed by atoms with Crippen molar-refractivity contribution in [2.75, 3.05) is 32.7 Å². The summed E-state index contributed by atoms with van der Waals surface area (Å²) in [5, 5.41) is 0. The molecule has 0 spiro atoms. The topological polar surface area (TPSA) is 36.9 Å². The highest BCUT2D eigenvalue weighted by Crippen LogP contribution is 2.32. The van der Waals surface area contributed by atoms with Crippen LogP contribution in [0.1, 0.15) is 158 Å². The molecule has 0 fully saturated rings. The Morgan fingerprint density at radius 3 is 1.07 bits per heavy atom. The van der Waals surface area contributed by atoms with E-state index in [-0.39, 0.29) is 0 Å². The van der Waals surface area contributed by atoms with Gasteiger partial charge in [0.05, 0.1) is 48.7 Å². The second-order valence-corrected chi connectivity index (χ2v) is 21.7. The van der Waals surface area contributed by atoms with Gasteiger partial charge in [0.25, 0.3) is 0 Å². The zero-order valence-corrected chi connectivity index (χ0v) is 39.1. The molecule has 4 nitrogen and oxygen atoms in total. The van der Waals surface area contributed by atoms with Crippen molar-refractivity contribution in [3.05, 3.63) is 76.3 Å². The Labute approximate surface area is 359 Å². The molecule has 0 aliphatic carbocycles. The molecule has 0 aliphatic rings. The van der Waals surface area contributed by atoms with Gasteiger partial charge in [0.15, 0.2) is 0 Å². The third-order valence-electron chi connectivity index (χ3n) is 9.52. The van der Waals surface area contributed by atoms with E-state index in [1.165, 1.54) is 56.3 Å². The van der Waals surface area contributed by atoms with Gasteiger partial charge < -0.3 is 18.9 Å². The lowest BCUT2D eigenvalue weighted by Gasteiger charge is -2.15. The summed E-state index contributed by atoms with van der Waals surface area (Å²) in [6.45, 7) is 18.2. The molecule has 0 N–H and O–H groups in total. The Morgan fingerprint density at radius 1 is 0.431 bits per heavy atom. The molecule has 0 bridgehead atoms. The SMILES string of the molecule is CCCCCCOc1cc(C#Cc2cc(OCCCCCC)c(C#C[Si](C)(C)C)cc2OCCCCCC)c(OCCCCCC)cc1C#Cc1ccc(SC)cc1. The monoisotopic (exact) mass is 820 g/mol. The van der Waals surface area contributed by atoms with Gasteiger partial charge in [0, 0.05) is 34.7 Å². The Morgan fingerprint density at radius 2 is 0.759 bits per heavy atom. The van der Waals surface area contributed by atoms with E-state index in [0.717, 1.165) is 102 Å². The van der Waals surface area contributed by atoms with Crippen molar-refractivity contribution in [2.45, 2.75) is 155 Å². The van der Waals surface area contributed by atoms with E-state index in [1.54, 1.807) is 11.8 Å². The first kappa shape index (κ1) is 48.5. The Bertz CT molecular complexity index is 1830. The number of hydrogen-bond donors (Lipinski definition) is 0. The molecule has 314 valence electrons. The smallest absolute Gasteiger partial charge is 0.136 e. The molecule has 3 aromatic carbocycles. The van der Waals surface area contributed by atoms with Crippen molar-refractivity contribution < 1.29 is 18.9 Å². The van der Waals surface area contributed by atoms with Crippen LogP contribution in [0.2, 0.25) is 19.6 Å². The zero-order chi connectivity index (χ0) is 41.9. The first-order chi connectivity index (χ1) is 28.2. The number of unbranched alkanes of at least 4 members (excludes halogenated alkanes) is 12. The van der Waals surface area contributed by atoms with E-state index in [2.05, 4.69) is 119 Å². The molecular formula is C52H72O4SSi. The van der Waals surface area contributed by atoms with Gasteiger partial charge in [-0.25, -0.2) is 0 Å². The predicted molar refractivity (Wildman–Crippen MR) is 252 cm³/mol. The number of benzene rings is 3. The van der Waals surface area contributed by atoms with Crippen LogP contribution < -0.4 is 18.9 Å². The molecule has 0 radical (unpaired) electrons. The third-order valence-corrected chi connectivity index (χ3v) is 11.1. The van der Waals surface area contributed by atoms with Gasteiger partial charge in [-0.05, 0) is 56.2 Å². The summed E-state index contributed by atoms with van der Waals surface area (Å²) in [5.41, 5.74) is 7.74. The van der Waals surface area contributed by atoms with Crippen molar-refractivity contribution >= 4 is 19.8 Å². The average Bonchev–Trinajstić information content (AvgIpc) is 3.22. The van der Waals surface area contributed by atoms with Crippen LogP contribution in [0.15, 0.2) is 53.4 Å². The lowest BCUT2D eigenvalue weighted by atomic mass is 10.1. The fourth-order valence-electron chi connectivity index (χ4n) is 6.04. The van der Waals surface area contributed by atoms with Crippen LogP contribution in [0.5, 0.6) is 23.0 Å². The van der Waals surface area contributed by atoms with E-state index in [1.807, 2.05) is 18.2 Å². The van der Waals surface area contributed by atoms with Gasteiger partial charge in [0.2, 0.25) is 0 Å². The summed E-state index contributed by atoms with van der Waals surface area (Å²) in [7, 11) is -1.65. The summed E-state index contributed by atoms with van der Waals surface area (Å²) < 4.78 is 26.0. The van der Waals surface area contributed by atoms with Crippen LogP contribution in [-0.4, -0.2) is 40.8 Å². The molecule has 6 heteroatoms.